The van der Waals surface area contributed by atoms with Crippen molar-refractivity contribution in [2.75, 3.05) is 37.7 Å². The van der Waals surface area contributed by atoms with Gasteiger partial charge in [-0.25, -0.2) is 4.79 Å². The summed E-state index contributed by atoms with van der Waals surface area (Å²) in [6.07, 6.45) is -2.57. The highest BCUT2D eigenvalue weighted by Gasteiger charge is 2.42. The molecule has 24 nitrogen and oxygen atoms in total. The largest absolute Gasteiger partial charge is 0.487 e. The first-order valence-corrected chi connectivity index (χ1v) is 27.7. The number of carbonyl (C=O) groups excluding carboxylic acids is 9. The average molecular weight is 1220 g/mol. The Bertz CT molecular complexity index is 2420. The summed E-state index contributed by atoms with van der Waals surface area (Å²) in [5, 5.41) is 49.5. The van der Waals surface area contributed by atoms with E-state index in [1.54, 1.807) is 87.5 Å². The lowest BCUT2D eigenvalue weighted by Gasteiger charge is -2.34. The van der Waals surface area contributed by atoms with Crippen molar-refractivity contribution in [1.29, 1.82) is 0 Å². The number of carbonyl (C=O) groups is 9. The van der Waals surface area contributed by atoms with Gasteiger partial charge in [-0.3, -0.25) is 38.4 Å². The Morgan fingerprint density at radius 2 is 1.51 bits per heavy atom. The van der Waals surface area contributed by atoms with Crippen LogP contribution in [0.4, 0.5) is 0 Å². The lowest BCUT2D eigenvalue weighted by molar-refractivity contribution is -0.159. The number of rotatable bonds is 23. The van der Waals surface area contributed by atoms with Gasteiger partial charge in [-0.15, -0.1) is 0 Å². The van der Waals surface area contributed by atoms with Crippen molar-refractivity contribution >= 4 is 75.9 Å². The number of nitrogens with two attached hydrogens (primary N) is 2. The van der Waals surface area contributed by atoms with Gasteiger partial charge in [0.05, 0.1) is 22.6 Å². The number of hydrogen-bond acceptors (Lipinski definition) is 17. The van der Waals surface area contributed by atoms with Crippen LogP contribution >= 0.6 is 22.6 Å². The number of nitrogens with one attached hydrogen (secondary N) is 6. The van der Waals surface area contributed by atoms with Crippen molar-refractivity contribution in [3.8, 4) is 5.75 Å². The van der Waals surface area contributed by atoms with Gasteiger partial charge < -0.3 is 77.8 Å². The highest BCUT2D eigenvalue weighted by atomic mass is 127. The zero-order chi connectivity index (χ0) is 59.3. The Labute approximate surface area is 474 Å². The second kappa shape index (κ2) is 32.1. The lowest BCUT2D eigenvalue weighted by atomic mass is 9.93. The smallest absolute Gasteiger partial charge is 0.332 e. The zero-order valence-corrected chi connectivity index (χ0v) is 48.4. The number of aliphatic hydroxyl groups is 3. The Morgan fingerprint density at radius 1 is 0.886 bits per heavy atom. The molecule has 13 atom stereocenters. The number of cyclic esters (lactones) is 1. The van der Waals surface area contributed by atoms with Gasteiger partial charge in [0, 0.05) is 26.1 Å². The molecule has 0 saturated carbocycles. The minimum atomic E-state index is -1.83. The Morgan fingerprint density at radius 3 is 2.08 bits per heavy atom. The molecular formula is C54H80IN9O15. The molecule has 1 heterocycles. The van der Waals surface area contributed by atoms with Crippen molar-refractivity contribution in [2.45, 2.75) is 141 Å². The van der Waals surface area contributed by atoms with Crippen molar-refractivity contribution in [1.82, 2.24) is 36.8 Å². The van der Waals surface area contributed by atoms with Gasteiger partial charge in [0.2, 0.25) is 41.4 Å². The highest BCUT2D eigenvalue weighted by Crippen LogP contribution is 2.26. The first-order valence-electron chi connectivity index (χ1n) is 26.2. The summed E-state index contributed by atoms with van der Waals surface area (Å²) in [5.74, 6) is -10.7. The fourth-order valence-electron chi connectivity index (χ4n) is 8.24. The van der Waals surface area contributed by atoms with Gasteiger partial charge in [-0.1, -0.05) is 106 Å². The number of esters is 2. The van der Waals surface area contributed by atoms with Gasteiger partial charge in [0.15, 0.2) is 6.04 Å². The number of halogens is 1. The summed E-state index contributed by atoms with van der Waals surface area (Å²) in [5.41, 5.74) is 9.90. The predicted octanol–water partition coefficient (Wildman–Crippen LogP) is -0.665. The van der Waals surface area contributed by atoms with E-state index in [0.29, 0.717) is 25.1 Å². The minimum absolute atomic E-state index is 0.0623. The molecule has 13 N–H and O–H groups in total. The summed E-state index contributed by atoms with van der Waals surface area (Å²) in [4.78, 5) is 127. The highest BCUT2D eigenvalue weighted by molar-refractivity contribution is 14.1. The molecule has 1 aliphatic heterocycles. The molecule has 0 unspecified atom stereocenters. The van der Waals surface area contributed by atoms with E-state index in [2.05, 4.69) is 31.9 Å². The van der Waals surface area contributed by atoms with Crippen LogP contribution in [0.1, 0.15) is 85.4 Å². The molecule has 1 fully saturated rings. The fraction of sp³-hybridized carbons (Fsp3) is 0.574. The molecule has 3 rings (SSSR count). The molecule has 1 saturated heterocycles. The predicted molar refractivity (Wildman–Crippen MR) is 298 cm³/mol. The number of hydrogen-bond donors (Lipinski definition) is 11. The molecule has 0 spiro atoms. The molecule has 25 heteroatoms. The quantitative estimate of drug-likeness (QED) is 0.0216. The monoisotopic (exact) mass is 1220 g/mol. The van der Waals surface area contributed by atoms with Crippen LogP contribution in [0, 0.1) is 17.8 Å². The van der Waals surface area contributed by atoms with E-state index >= 15 is 4.79 Å². The van der Waals surface area contributed by atoms with Gasteiger partial charge in [0.25, 0.3) is 0 Å². The van der Waals surface area contributed by atoms with E-state index in [-0.39, 0.29) is 35.1 Å². The molecule has 0 aliphatic carbocycles. The minimum Gasteiger partial charge on any atom is -0.487 e. The van der Waals surface area contributed by atoms with Crippen LogP contribution < -0.4 is 48.1 Å². The van der Waals surface area contributed by atoms with E-state index in [1.807, 2.05) is 0 Å². The summed E-state index contributed by atoms with van der Waals surface area (Å²) < 4.78 is 16.9. The van der Waals surface area contributed by atoms with Crippen LogP contribution in [-0.4, -0.2) is 171 Å². The van der Waals surface area contributed by atoms with Crippen molar-refractivity contribution in [3.05, 3.63) is 77.9 Å². The molecule has 79 heavy (non-hydrogen) atoms. The molecular weight excluding hydrogens is 1140 g/mol. The maximum atomic E-state index is 15.3. The van der Waals surface area contributed by atoms with E-state index in [4.69, 9.17) is 25.7 Å². The Balaban J connectivity index is 2.32. The Hall–Kier alpha value is -6.26. The van der Waals surface area contributed by atoms with Crippen LogP contribution in [0.3, 0.4) is 0 Å². The van der Waals surface area contributed by atoms with E-state index in [1.165, 1.54) is 58.2 Å². The van der Waals surface area contributed by atoms with Crippen molar-refractivity contribution in [2.24, 2.45) is 29.2 Å². The van der Waals surface area contributed by atoms with Gasteiger partial charge in [-0.05, 0) is 81.5 Å². The van der Waals surface area contributed by atoms with Crippen LogP contribution in [0.15, 0.2) is 66.7 Å². The standard InChI is InChI=1S/C54H80IN9O15/c1-10-30(4)42-49(71)63-45(36-17-19-37(20-18-36)79-34(8)54(76,22-21-40(57)66)28-58-24-14-23-56)52(74)64(9)39(25-35-15-12-11-13-16-35)48(70)61-43(32(6)65)50(72)59-38(27-77-41(67)26-55)53(75)78-33(7)44(51(73)60-42)62-47(69)31(5)46(68)29(2)3/h11-13,15-22,29-34,38-39,42-46,58,65,68,76H,10,14,23-28,56H2,1-9H3,(H2,57,66)(H,59,72)(H,60,73)(H,61,70)(H,62,69)(H,63,71)/b22-21+/t30-,31+,32+,33+,34+,38-,39-,42+,43+,44-,45-,46+,54-/m0/s1. The normalized spacial score (nSPS) is 23.9. The van der Waals surface area contributed by atoms with E-state index in [9.17, 15) is 53.7 Å². The van der Waals surface area contributed by atoms with E-state index < -0.39 is 144 Å². The number of nitrogens with zero attached hydrogens (tertiary/aromatic N) is 1. The number of likely N-dealkylation sites (N-methyl/N-ethyl adjacent to an activating group) is 1. The number of benzene rings is 2. The average Bonchev–Trinajstić information content (AvgIpc) is 3.42. The number of primary amides is 1. The number of alkyl halides is 1. The van der Waals surface area contributed by atoms with Crippen LogP contribution in [0.25, 0.3) is 0 Å². The number of ether oxygens (including phenoxy) is 3. The van der Waals surface area contributed by atoms with Crippen LogP contribution in [0.2, 0.25) is 0 Å². The number of amides is 7. The first-order chi connectivity index (χ1) is 37.2. The van der Waals surface area contributed by atoms with Crippen LogP contribution in [-0.2, 0) is 59.0 Å². The third-order valence-corrected chi connectivity index (χ3v) is 14.2. The molecule has 7 amide bonds. The van der Waals surface area contributed by atoms with Crippen molar-refractivity contribution in [3.63, 3.8) is 0 Å². The molecule has 2 aromatic carbocycles. The summed E-state index contributed by atoms with van der Waals surface area (Å²) in [6.45, 7) is 12.1. The number of aliphatic hydroxyl groups excluding tert-OH is 2. The zero-order valence-electron chi connectivity index (χ0n) is 46.2. The SMILES string of the molecule is CC[C@H](C)[C@H]1NC(=O)[C@@H](NC(=O)[C@H](C)[C@H](O)C(C)C)[C@@H](C)OC(=O)[C@H](COC(=O)CI)NC(=O)[C@@H]([C@@H](C)O)NC(=O)[C@H](Cc2ccccc2)N(C)C(=O)[C@H](c2ccc(O[C@H](C)[C@](O)(/C=C/C(N)=O)CNCCCN)cc2)NC1=O. The maximum Gasteiger partial charge on any atom is 0.332 e. The summed E-state index contributed by atoms with van der Waals surface area (Å²) in [7, 11) is 1.29. The summed E-state index contributed by atoms with van der Waals surface area (Å²) in [6, 6.07) is 4.28. The third kappa shape index (κ3) is 20.1. The Kier molecular flexibility index (Phi) is 27.2. The second-order valence-electron chi connectivity index (χ2n) is 20.1. The molecule has 1 aliphatic rings. The summed E-state index contributed by atoms with van der Waals surface area (Å²) >= 11 is 1.72. The molecule has 438 valence electrons. The van der Waals surface area contributed by atoms with E-state index in [0.717, 1.165) is 11.0 Å². The molecule has 2 aromatic rings. The molecule has 0 bridgehead atoms. The van der Waals surface area contributed by atoms with Crippen LogP contribution in [0.5, 0.6) is 5.75 Å². The maximum absolute atomic E-state index is 15.3. The first kappa shape index (κ1) is 67.0. The van der Waals surface area contributed by atoms with Gasteiger partial charge >= 0.3 is 11.9 Å². The third-order valence-electron chi connectivity index (χ3n) is 13.6. The van der Waals surface area contributed by atoms with Crippen molar-refractivity contribution < 1.29 is 72.7 Å². The molecule has 0 aromatic heterocycles. The van der Waals surface area contributed by atoms with Gasteiger partial charge in [0.1, 0.15) is 60.4 Å². The second-order valence-corrected chi connectivity index (χ2v) is 20.9. The molecule has 0 radical (unpaired) electrons. The van der Waals surface area contributed by atoms with Gasteiger partial charge in [-0.2, -0.15) is 0 Å². The topological polar surface area (TPSA) is 369 Å². The lowest BCUT2D eigenvalue weighted by Crippen LogP contribution is -2.61. The fourth-order valence-corrected chi connectivity index (χ4v) is 8.46.